The topological polar surface area (TPSA) is 41.1 Å². The molecule has 88 valence electrons. The van der Waals surface area contributed by atoms with E-state index in [0.717, 1.165) is 18.5 Å². The van der Waals surface area contributed by atoms with Crippen LogP contribution in [0.2, 0.25) is 5.02 Å². The first kappa shape index (κ1) is 13.0. The lowest BCUT2D eigenvalue weighted by Gasteiger charge is -2.06. The lowest BCUT2D eigenvalue weighted by Crippen LogP contribution is -2.26. The summed E-state index contributed by atoms with van der Waals surface area (Å²) in [5, 5.41) is 6.50. The normalized spacial score (nSPS) is 10.2. The highest BCUT2D eigenvalue weighted by Gasteiger charge is 2.06. The van der Waals surface area contributed by atoms with Crippen molar-refractivity contribution in [1.29, 1.82) is 0 Å². The molecule has 4 heteroatoms. The molecule has 0 aliphatic rings. The molecular formula is C12H17ClN2O. The van der Waals surface area contributed by atoms with Crippen LogP contribution < -0.4 is 10.6 Å². The van der Waals surface area contributed by atoms with E-state index in [9.17, 15) is 4.79 Å². The van der Waals surface area contributed by atoms with Crippen LogP contribution in [0.5, 0.6) is 0 Å². The molecule has 1 aromatic carbocycles. The third-order valence-electron chi connectivity index (χ3n) is 2.32. The quantitative estimate of drug-likeness (QED) is 0.773. The molecule has 0 aliphatic carbocycles. The van der Waals surface area contributed by atoms with Crippen LogP contribution in [0.1, 0.15) is 22.3 Å². The zero-order chi connectivity index (χ0) is 12.0. The first-order chi connectivity index (χ1) is 7.65. The lowest BCUT2D eigenvalue weighted by molar-refractivity contribution is 0.0953. The number of nitrogens with one attached hydrogen (secondary N) is 2. The summed E-state index contributed by atoms with van der Waals surface area (Å²) in [6.07, 6.45) is 0.918. The summed E-state index contributed by atoms with van der Waals surface area (Å²) in [4.78, 5) is 11.7. The molecule has 0 aliphatic heterocycles. The first-order valence-electron chi connectivity index (χ1n) is 5.34. The van der Waals surface area contributed by atoms with Crippen molar-refractivity contribution in [1.82, 2.24) is 10.6 Å². The van der Waals surface area contributed by atoms with Gasteiger partial charge < -0.3 is 10.6 Å². The molecule has 1 amide bonds. The van der Waals surface area contributed by atoms with Crippen LogP contribution in [0.15, 0.2) is 18.2 Å². The number of benzene rings is 1. The Morgan fingerprint density at radius 1 is 1.38 bits per heavy atom. The van der Waals surface area contributed by atoms with E-state index in [1.165, 1.54) is 0 Å². The molecule has 2 N–H and O–H groups in total. The zero-order valence-corrected chi connectivity index (χ0v) is 10.4. The molecule has 1 rings (SSSR count). The van der Waals surface area contributed by atoms with Crippen molar-refractivity contribution in [3.63, 3.8) is 0 Å². The van der Waals surface area contributed by atoms with Crippen molar-refractivity contribution in [2.24, 2.45) is 0 Å². The van der Waals surface area contributed by atoms with Gasteiger partial charge in [0.15, 0.2) is 0 Å². The van der Waals surface area contributed by atoms with Crippen molar-refractivity contribution < 1.29 is 4.79 Å². The Morgan fingerprint density at radius 2 is 2.12 bits per heavy atom. The summed E-state index contributed by atoms with van der Waals surface area (Å²) >= 11 is 5.95. The van der Waals surface area contributed by atoms with Crippen LogP contribution in [-0.4, -0.2) is 26.0 Å². The molecule has 0 aromatic heterocycles. The summed E-state index contributed by atoms with van der Waals surface area (Å²) < 4.78 is 0. The Hall–Kier alpha value is -1.06. The molecule has 0 atom stereocenters. The van der Waals surface area contributed by atoms with Crippen molar-refractivity contribution in [2.75, 3.05) is 20.1 Å². The van der Waals surface area contributed by atoms with Gasteiger partial charge in [-0.2, -0.15) is 0 Å². The van der Waals surface area contributed by atoms with E-state index in [1.807, 2.05) is 20.0 Å². The van der Waals surface area contributed by atoms with Gasteiger partial charge in [-0.3, -0.25) is 4.79 Å². The van der Waals surface area contributed by atoms with Crippen LogP contribution in [-0.2, 0) is 0 Å². The molecule has 0 saturated carbocycles. The summed E-state index contributed by atoms with van der Waals surface area (Å²) in [6.45, 7) is 3.48. The van der Waals surface area contributed by atoms with E-state index < -0.39 is 0 Å². The minimum absolute atomic E-state index is 0.0713. The van der Waals surface area contributed by atoms with Gasteiger partial charge in [-0.25, -0.2) is 0 Å². The van der Waals surface area contributed by atoms with E-state index in [2.05, 4.69) is 10.6 Å². The van der Waals surface area contributed by atoms with Crippen LogP contribution in [0.4, 0.5) is 0 Å². The van der Waals surface area contributed by atoms with Gasteiger partial charge in [-0.05, 0) is 44.6 Å². The Morgan fingerprint density at radius 3 is 2.75 bits per heavy atom. The molecule has 0 unspecified atom stereocenters. The molecule has 0 heterocycles. The second kappa shape index (κ2) is 6.51. The molecule has 0 spiro atoms. The van der Waals surface area contributed by atoms with Crippen molar-refractivity contribution in [3.05, 3.63) is 34.3 Å². The number of carbonyl (C=O) groups is 1. The van der Waals surface area contributed by atoms with E-state index in [4.69, 9.17) is 11.6 Å². The van der Waals surface area contributed by atoms with Gasteiger partial charge in [0.05, 0.1) is 0 Å². The maximum atomic E-state index is 11.7. The smallest absolute Gasteiger partial charge is 0.251 e. The predicted molar refractivity (Wildman–Crippen MR) is 67.1 cm³/mol. The standard InChI is InChI=1S/C12H17ClN2O/c1-9-4-5-10(8-11(9)13)12(16)15-7-3-6-14-2/h4-5,8,14H,3,6-7H2,1-2H3,(H,15,16). The minimum atomic E-state index is -0.0713. The van der Waals surface area contributed by atoms with Crippen LogP contribution in [0.3, 0.4) is 0 Å². The highest BCUT2D eigenvalue weighted by molar-refractivity contribution is 6.31. The molecule has 0 radical (unpaired) electrons. The minimum Gasteiger partial charge on any atom is -0.352 e. The maximum absolute atomic E-state index is 11.7. The third kappa shape index (κ3) is 3.83. The number of rotatable bonds is 5. The van der Waals surface area contributed by atoms with E-state index in [-0.39, 0.29) is 5.91 Å². The highest BCUT2D eigenvalue weighted by atomic mass is 35.5. The molecular weight excluding hydrogens is 224 g/mol. The SMILES string of the molecule is CNCCCNC(=O)c1ccc(C)c(Cl)c1. The second-order valence-electron chi connectivity index (χ2n) is 3.68. The van der Waals surface area contributed by atoms with Gasteiger partial charge in [0, 0.05) is 17.1 Å². The van der Waals surface area contributed by atoms with Gasteiger partial charge in [-0.15, -0.1) is 0 Å². The van der Waals surface area contributed by atoms with Gasteiger partial charge in [0.2, 0.25) is 0 Å². The average molecular weight is 241 g/mol. The number of hydrogen-bond donors (Lipinski definition) is 2. The summed E-state index contributed by atoms with van der Waals surface area (Å²) in [5.74, 6) is -0.0713. The Balaban J connectivity index is 2.50. The second-order valence-corrected chi connectivity index (χ2v) is 4.08. The summed E-state index contributed by atoms with van der Waals surface area (Å²) in [6, 6.07) is 5.34. The molecule has 0 fully saturated rings. The molecule has 0 bridgehead atoms. The monoisotopic (exact) mass is 240 g/mol. The highest BCUT2D eigenvalue weighted by Crippen LogP contribution is 2.16. The summed E-state index contributed by atoms with van der Waals surface area (Å²) in [7, 11) is 1.89. The largest absolute Gasteiger partial charge is 0.352 e. The lowest BCUT2D eigenvalue weighted by atomic mass is 10.1. The van der Waals surface area contributed by atoms with Gasteiger partial charge in [-0.1, -0.05) is 17.7 Å². The number of halogens is 1. The fourth-order valence-corrected chi connectivity index (χ4v) is 1.48. The first-order valence-corrected chi connectivity index (χ1v) is 5.72. The molecule has 16 heavy (non-hydrogen) atoms. The Kier molecular flexibility index (Phi) is 5.29. The van der Waals surface area contributed by atoms with E-state index >= 15 is 0 Å². The number of carbonyl (C=O) groups excluding carboxylic acids is 1. The number of amides is 1. The van der Waals surface area contributed by atoms with Crippen molar-refractivity contribution >= 4 is 17.5 Å². The molecule has 0 saturated heterocycles. The fraction of sp³-hybridized carbons (Fsp3) is 0.417. The van der Waals surface area contributed by atoms with Gasteiger partial charge >= 0.3 is 0 Å². The Bertz CT molecular complexity index is 366. The van der Waals surface area contributed by atoms with Crippen LogP contribution in [0.25, 0.3) is 0 Å². The fourth-order valence-electron chi connectivity index (χ4n) is 1.30. The maximum Gasteiger partial charge on any atom is 0.251 e. The van der Waals surface area contributed by atoms with E-state index in [1.54, 1.807) is 12.1 Å². The van der Waals surface area contributed by atoms with Gasteiger partial charge in [0.1, 0.15) is 0 Å². The average Bonchev–Trinajstić information content (AvgIpc) is 2.28. The third-order valence-corrected chi connectivity index (χ3v) is 2.73. The zero-order valence-electron chi connectivity index (χ0n) is 9.64. The molecule has 3 nitrogen and oxygen atoms in total. The van der Waals surface area contributed by atoms with E-state index in [0.29, 0.717) is 17.1 Å². The number of hydrogen-bond acceptors (Lipinski definition) is 2. The summed E-state index contributed by atoms with van der Waals surface area (Å²) in [5.41, 5.74) is 1.59. The van der Waals surface area contributed by atoms with Gasteiger partial charge in [0.25, 0.3) is 5.91 Å². The number of aryl methyl sites for hydroxylation is 1. The van der Waals surface area contributed by atoms with Crippen molar-refractivity contribution in [2.45, 2.75) is 13.3 Å². The molecule has 1 aromatic rings. The van der Waals surface area contributed by atoms with Crippen LogP contribution in [0, 0.1) is 6.92 Å². The predicted octanol–water partition coefficient (Wildman–Crippen LogP) is 1.99. The van der Waals surface area contributed by atoms with Crippen LogP contribution >= 0.6 is 11.6 Å². The van der Waals surface area contributed by atoms with Crippen molar-refractivity contribution in [3.8, 4) is 0 Å². The Labute approximate surface area is 101 Å².